The molecule has 2 heteroatoms. The molecule has 0 aliphatic rings. The average molecular weight is 179 g/mol. The fourth-order valence-corrected chi connectivity index (χ4v) is 1.48. The number of hydrogen-bond acceptors (Lipinski definition) is 1. The molecule has 0 spiro atoms. The minimum atomic E-state index is 0.601. The van der Waals surface area contributed by atoms with Gasteiger partial charge >= 0.3 is 0 Å². The van der Waals surface area contributed by atoms with Crippen molar-refractivity contribution < 1.29 is 0 Å². The van der Waals surface area contributed by atoms with Crippen LogP contribution >= 0.6 is 23.4 Å². The summed E-state index contributed by atoms with van der Waals surface area (Å²) in [6.45, 7) is 8.25. The number of hydrogen-bond donors (Lipinski definition) is 0. The first-order valence-electron chi connectivity index (χ1n) is 3.55. The molecule has 10 heavy (non-hydrogen) atoms. The Bertz CT molecular complexity index is 101. The van der Waals surface area contributed by atoms with Crippen molar-refractivity contribution in [3.05, 3.63) is 12.2 Å². The van der Waals surface area contributed by atoms with Gasteiger partial charge in [-0.1, -0.05) is 26.0 Å². The van der Waals surface area contributed by atoms with Crippen LogP contribution in [-0.2, 0) is 0 Å². The third-order valence-electron chi connectivity index (χ3n) is 1.34. The molecule has 0 saturated heterocycles. The number of thioether (sulfide) groups is 1. The summed E-state index contributed by atoms with van der Waals surface area (Å²) in [7, 11) is 0. The van der Waals surface area contributed by atoms with E-state index in [-0.39, 0.29) is 0 Å². The monoisotopic (exact) mass is 178 g/mol. The SMILES string of the molecule is C=C(CCl)CSC(C)CC. The Balaban J connectivity index is 3.26. The smallest absolute Gasteiger partial charge is 0.0439 e. The normalized spacial score (nSPS) is 13.1. The van der Waals surface area contributed by atoms with Gasteiger partial charge in [0.25, 0.3) is 0 Å². The average Bonchev–Trinajstić information content (AvgIpc) is 1.99. The Hall–Kier alpha value is 0.380. The highest BCUT2D eigenvalue weighted by molar-refractivity contribution is 8.00. The minimum Gasteiger partial charge on any atom is -0.154 e. The maximum absolute atomic E-state index is 5.57. The van der Waals surface area contributed by atoms with Gasteiger partial charge in [0.05, 0.1) is 0 Å². The summed E-state index contributed by atoms with van der Waals surface area (Å²) in [5.74, 6) is 1.61. The van der Waals surface area contributed by atoms with Crippen molar-refractivity contribution in [2.24, 2.45) is 0 Å². The molecule has 0 amide bonds. The lowest BCUT2D eigenvalue weighted by molar-refractivity contribution is 0.907. The molecule has 0 aliphatic heterocycles. The van der Waals surface area contributed by atoms with Crippen LogP contribution in [0.25, 0.3) is 0 Å². The zero-order chi connectivity index (χ0) is 7.98. The fourth-order valence-electron chi connectivity index (χ4n) is 0.417. The maximum Gasteiger partial charge on any atom is 0.0439 e. The van der Waals surface area contributed by atoms with Crippen LogP contribution in [0, 0.1) is 0 Å². The van der Waals surface area contributed by atoms with E-state index in [1.54, 1.807) is 0 Å². The van der Waals surface area contributed by atoms with Crippen LogP contribution in [0.4, 0.5) is 0 Å². The Morgan fingerprint density at radius 1 is 1.70 bits per heavy atom. The van der Waals surface area contributed by atoms with Crippen LogP contribution in [0.15, 0.2) is 12.2 Å². The molecule has 0 radical (unpaired) electrons. The lowest BCUT2D eigenvalue weighted by Gasteiger charge is -2.07. The van der Waals surface area contributed by atoms with E-state index in [9.17, 15) is 0 Å². The molecule has 60 valence electrons. The molecule has 0 saturated carbocycles. The largest absolute Gasteiger partial charge is 0.154 e. The van der Waals surface area contributed by atoms with E-state index in [2.05, 4.69) is 20.4 Å². The van der Waals surface area contributed by atoms with Gasteiger partial charge in [0.1, 0.15) is 0 Å². The van der Waals surface area contributed by atoms with E-state index in [4.69, 9.17) is 11.6 Å². The van der Waals surface area contributed by atoms with Crippen molar-refractivity contribution in [2.75, 3.05) is 11.6 Å². The highest BCUT2D eigenvalue weighted by atomic mass is 35.5. The van der Waals surface area contributed by atoms with Crippen molar-refractivity contribution in [1.82, 2.24) is 0 Å². The number of rotatable bonds is 5. The topological polar surface area (TPSA) is 0 Å². The lowest BCUT2D eigenvalue weighted by Crippen LogP contribution is -1.96. The van der Waals surface area contributed by atoms with E-state index >= 15 is 0 Å². The lowest BCUT2D eigenvalue weighted by atomic mass is 10.4. The number of alkyl halides is 1. The molecule has 0 aromatic carbocycles. The first-order chi connectivity index (χ1) is 4.70. The molecule has 0 fully saturated rings. The first-order valence-corrected chi connectivity index (χ1v) is 5.13. The third kappa shape index (κ3) is 5.19. The summed E-state index contributed by atoms with van der Waals surface area (Å²) in [6.07, 6.45) is 1.22. The van der Waals surface area contributed by atoms with Crippen molar-refractivity contribution >= 4 is 23.4 Å². The zero-order valence-electron chi connectivity index (χ0n) is 6.69. The summed E-state index contributed by atoms with van der Waals surface area (Å²) in [4.78, 5) is 0. The standard InChI is InChI=1S/C8H15ClS/c1-4-8(3)10-6-7(2)5-9/h8H,2,4-6H2,1,3H3. The summed E-state index contributed by atoms with van der Waals surface area (Å²) in [6, 6.07) is 0. The molecule has 0 aromatic rings. The molecule has 0 bridgehead atoms. The second-order valence-electron chi connectivity index (χ2n) is 2.41. The third-order valence-corrected chi connectivity index (χ3v) is 3.19. The Morgan fingerprint density at radius 3 is 2.70 bits per heavy atom. The summed E-state index contributed by atoms with van der Waals surface area (Å²) in [5.41, 5.74) is 1.13. The van der Waals surface area contributed by atoms with Crippen molar-refractivity contribution in [1.29, 1.82) is 0 Å². The molecule has 1 unspecified atom stereocenters. The van der Waals surface area contributed by atoms with Gasteiger partial charge in [0, 0.05) is 16.9 Å². The van der Waals surface area contributed by atoms with Gasteiger partial charge in [-0.2, -0.15) is 11.8 Å². The maximum atomic E-state index is 5.57. The second-order valence-corrected chi connectivity index (χ2v) is 4.11. The quantitative estimate of drug-likeness (QED) is 0.460. The molecule has 0 nitrogen and oxygen atoms in total. The van der Waals surface area contributed by atoms with E-state index in [1.165, 1.54) is 6.42 Å². The number of halogens is 1. The first kappa shape index (κ1) is 10.4. The van der Waals surface area contributed by atoms with Gasteiger partial charge < -0.3 is 0 Å². The Labute approximate surface area is 73.0 Å². The van der Waals surface area contributed by atoms with Crippen LogP contribution in [-0.4, -0.2) is 16.9 Å². The predicted molar refractivity (Wildman–Crippen MR) is 52.1 cm³/mol. The molecule has 0 rings (SSSR count). The van der Waals surface area contributed by atoms with E-state index in [0.717, 1.165) is 16.6 Å². The van der Waals surface area contributed by atoms with Crippen LogP contribution in [0.5, 0.6) is 0 Å². The van der Waals surface area contributed by atoms with Gasteiger partial charge in [-0.15, -0.1) is 11.6 Å². The Kier molecular flexibility index (Phi) is 6.35. The fraction of sp³-hybridized carbons (Fsp3) is 0.750. The molecule has 0 N–H and O–H groups in total. The van der Waals surface area contributed by atoms with Gasteiger partial charge in [0.2, 0.25) is 0 Å². The molecular weight excluding hydrogens is 164 g/mol. The van der Waals surface area contributed by atoms with Crippen LogP contribution in [0.3, 0.4) is 0 Å². The van der Waals surface area contributed by atoms with Gasteiger partial charge in [-0.25, -0.2) is 0 Å². The van der Waals surface area contributed by atoms with E-state index in [0.29, 0.717) is 5.88 Å². The van der Waals surface area contributed by atoms with Crippen molar-refractivity contribution in [2.45, 2.75) is 25.5 Å². The van der Waals surface area contributed by atoms with Crippen molar-refractivity contribution in [3.8, 4) is 0 Å². The molecular formula is C8H15ClS. The van der Waals surface area contributed by atoms with Gasteiger partial charge in [0.15, 0.2) is 0 Å². The summed E-state index contributed by atoms with van der Waals surface area (Å²) in [5, 5.41) is 0.736. The van der Waals surface area contributed by atoms with Crippen LogP contribution in [0.1, 0.15) is 20.3 Å². The highest BCUT2D eigenvalue weighted by Crippen LogP contribution is 2.16. The molecule has 0 aliphatic carbocycles. The molecule has 1 atom stereocenters. The van der Waals surface area contributed by atoms with E-state index in [1.807, 2.05) is 11.8 Å². The highest BCUT2D eigenvalue weighted by Gasteiger charge is 1.99. The predicted octanol–water partition coefficient (Wildman–Crippen LogP) is 3.31. The minimum absolute atomic E-state index is 0.601. The summed E-state index contributed by atoms with van der Waals surface area (Å²) >= 11 is 7.49. The zero-order valence-corrected chi connectivity index (χ0v) is 8.26. The second kappa shape index (κ2) is 6.11. The van der Waals surface area contributed by atoms with E-state index < -0.39 is 0 Å². The van der Waals surface area contributed by atoms with Crippen molar-refractivity contribution in [3.63, 3.8) is 0 Å². The Morgan fingerprint density at radius 2 is 2.30 bits per heavy atom. The summed E-state index contributed by atoms with van der Waals surface area (Å²) < 4.78 is 0. The molecule has 0 heterocycles. The van der Waals surface area contributed by atoms with Gasteiger partial charge in [-0.3, -0.25) is 0 Å². The molecule has 0 aromatic heterocycles. The van der Waals surface area contributed by atoms with Crippen LogP contribution in [0.2, 0.25) is 0 Å². The van der Waals surface area contributed by atoms with Gasteiger partial charge in [-0.05, 0) is 6.42 Å². The van der Waals surface area contributed by atoms with Crippen LogP contribution < -0.4 is 0 Å².